The van der Waals surface area contributed by atoms with Crippen molar-refractivity contribution in [2.75, 3.05) is 6.61 Å². The lowest BCUT2D eigenvalue weighted by molar-refractivity contribution is 0.0961. The van der Waals surface area contributed by atoms with Gasteiger partial charge in [-0.3, -0.25) is 4.79 Å². The minimum absolute atomic E-state index is 0.0604. The predicted octanol–water partition coefficient (Wildman–Crippen LogP) is 3.61. The Bertz CT molecular complexity index is 481. The van der Waals surface area contributed by atoms with E-state index in [1.165, 1.54) is 19.3 Å². The van der Waals surface area contributed by atoms with Gasteiger partial charge in [-0.2, -0.15) is 0 Å². The van der Waals surface area contributed by atoms with Crippen molar-refractivity contribution in [3.05, 3.63) is 23.8 Å². The molecule has 102 valence electrons. The Morgan fingerprint density at radius 3 is 3.11 bits per heavy atom. The van der Waals surface area contributed by atoms with Gasteiger partial charge in [0.25, 0.3) is 0 Å². The molecule has 0 amide bonds. The van der Waals surface area contributed by atoms with Gasteiger partial charge in [0, 0.05) is 6.07 Å². The molecule has 1 heterocycles. The van der Waals surface area contributed by atoms with E-state index in [1.54, 1.807) is 0 Å². The lowest BCUT2D eigenvalue weighted by atomic mass is 9.85. The van der Waals surface area contributed by atoms with Crippen LogP contribution < -0.4 is 9.47 Å². The minimum Gasteiger partial charge on any atom is -0.490 e. The van der Waals surface area contributed by atoms with Crippen LogP contribution in [0.4, 0.5) is 0 Å². The maximum atomic E-state index is 11.5. The van der Waals surface area contributed by atoms with Crippen LogP contribution in [0.3, 0.4) is 0 Å². The highest BCUT2D eigenvalue weighted by Gasteiger charge is 2.24. The highest BCUT2D eigenvalue weighted by Crippen LogP contribution is 2.33. The summed E-state index contributed by atoms with van der Waals surface area (Å²) < 4.78 is 11.4. The second-order valence-corrected chi connectivity index (χ2v) is 5.55. The lowest BCUT2D eigenvalue weighted by Gasteiger charge is -2.29. The van der Waals surface area contributed by atoms with Gasteiger partial charge in [-0.25, -0.2) is 0 Å². The Morgan fingerprint density at radius 2 is 2.26 bits per heavy atom. The van der Waals surface area contributed by atoms with Gasteiger partial charge in [-0.1, -0.05) is 19.8 Å². The van der Waals surface area contributed by atoms with E-state index in [2.05, 4.69) is 6.92 Å². The lowest BCUT2D eigenvalue weighted by Crippen LogP contribution is -2.25. The van der Waals surface area contributed by atoms with Gasteiger partial charge in [-0.15, -0.1) is 0 Å². The van der Waals surface area contributed by atoms with Crippen LogP contribution in [0.5, 0.6) is 11.5 Å². The summed E-state index contributed by atoms with van der Waals surface area (Å²) in [6.45, 7) is 2.42. The van der Waals surface area contributed by atoms with E-state index in [9.17, 15) is 4.79 Å². The van der Waals surface area contributed by atoms with E-state index in [1.807, 2.05) is 18.2 Å². The molecule has 2 unspecified atom stereocenters. The third-order valence-corrected chi connectivity index (χ3v) is 4.23. The van der Waals surface area contributed by atoms with Crippen LogP contribution in [0.1, 0.15) is 49.4 Å². The van der Waals surface area contributed by atoms with Gasteiger partial charge in [0.1, 0.15) is 11.5 Å². The molecule has 1 fully saturated rings. The molecule has 3 rings (SSSR count). The summed E-state index contributed by atoms with van der Waals surface area (Å²) in [7, 11) is 0. The molecular formula is C16H20O3. The van der Waals surface area contributed by atoms with Gasteiger partial charge < -0.3 is 9.47 Å². The van der Waals surface area contributed by atoms with Gasteiger partial charge in [-0.05, 0) is 37.3 Å². The molecule has 0 spiro atoms. The number of ketones is 1. The summed E-state index contributed by atoms with van der Waals surface area (Å²) in [6, 6.07) is 5.57. The minimum atomic E-state index is 0.0604. The molecule has 0 aromatic heterocycles. The first-order valence-corrected chi connectivity index (χ1v) is 7.23. The standard InChI is InChI=1S/C16H20O3/c1-2-11-4-3-5-12(8-11)19-13-6-7-14-15(17)10-18-16(14)9-13/h6-7,9,11-12H,2-5,8,10H2,1H3. The Labute approximate surface area is 113 Å². The van der Waals surface area contributed by atoms with E-state index >= 15 is 0 Å². The van der Waals surface area contributed by atoms with Gasteiger partial charge in [0.05, 0.1) is 11.7 Å². The molecule has 0 N–H and O–H groups in total. The quantitative estimate of drug-likeness (QED) is 0.832. The third-order valence-electron chi connectivity index (χ3n) is 4.23. The number of benzene rings is 1. The first kappa shape index (κ1) is 12.5. The molecule has 1 aliphatic carbocycles. The Morgan fingerprint density at radius 1 is 1.37 bits per heavy atom. The van der Waals surface area contributed by atoms with Crippen LogP contribution in [0.2, 0.25) is 0 Å². The SMILES string of the molecule is CCC1CCCC(Oc2ccc3c(c2)OCC3=O)C1. The maximum Gasteiger partial charge on any atom is 0.203 e. The average Bonchev–Trinajstić information content (AvgIpc) is 2.80. The topological polar surface area (TPSA) is 35.5 Å². The highest BCUT2D eigenvalue weighted by molar-refractivity contribution is 6.02. The number of fused-ring (bicyclic) bond motifs is 1. The van der Waals surface area contributed by atoms with Crippen molar-refractivity contribution in [2.24, 2.45) is 5.92 Å². The fourth-order valence-electron chi connectivity index (χ4n) is 3.06. The summed E-state index contributed by atoms with van der Waals surface area (Å²) in [6.07, 6.45) is 6.41. The average molecular weight is 260 g/mol. The van der Waals surface area contributed by atoms with E-state index in [-0.39, 0.29) is 12.4 Å². The number of carbonyl (C=O) groups excluding carboxylic acids is 1. The molecule has 19 heavy (non-hydrogen) atoms. The van der Waals surface area contributed by atoms with Crippen LogP contribution in [0, 0.1) is 5.92 Å². The van der Waals surface area contributed by atoms with Gasteiger partial charge in [0.2, 0.25) is 5.78 Å². The zero-order valence-corrected chi connectivity index (χ0v) is 11.4. The van der Waals surface area contributed by atoms with Crippen molar-refractivity contribution in [1.29, 1.82) is 0 Å². The molecule has 0 saturated heterocycles. The Balaban J connectivity index is 1.68. The van der Waals surface area contributed by atoms with Crippen LogP contribution in [0.25, 0.3) is 0 Å². The van der Waals surface area contributed by atoms with Crippen LogP contribution >= 0.6 is 0 Å². The van der Waals surface area contributed by atoms with Crippen LogP contribution in [-0.4, -0.2) is 18.5 Å². The fourth-order valence-corrected chi connectivity index (χ4v) is 3.06. The molecule has 1 aromatic rings. The molecule has 0 radical (unpaired) electrons. The zero-order valence-electron chi connectivity index (χ0n) is 11.4. The van der Waals surface area contributed by atoms with Crippen LogP contribution in [-0.2, 0) is 0 Å². The number of carbonyl (C=O) groups is 1. The summed E-state index contributed by atoms with van der Waals surface area (Å²) in [4.78, 5) is 11.5. The first-order chi connectivity index (χ1) is 9.26. The van der Waals surface area contributed by atoms with Crippen molar-refractivity contribution in [3.63, 3.8) is 0 Å². The predicted molar refractivity (Wildman–Crippen MR) is 72.9 cm³/mol. The summed E-state index contributed by atoms with van der Waals surface area (Å²) in [5.41, 5.74) is 0.683. The summed E-state index contributed by atoms with van der Waals surface area (Å²) in [5.74, 6) is 2.36. The highest BCUT2D eigenvalue weighted by atomic mass is 16.5. The number of hydrogen-bond acceptors (Lipinski definition) is 3. The zero-order chi connectivity index (χ0) is 13.2. The maximum absolute atomic E-state index is 11.5. The summed E-state index contributed by atoms with van der Waals surface area (Å²) in [5, 5.41) is 0. The van der Waals surface area contributed by atoms with E-state index in [0.717, 1.165) is 24.5 Å². The van der Waals surface area contributed by atoms with Crippen molar-refractivity contribution in [2.45, 2.75) is 45.1 Å². The van der Waals surface area contributed by atoms with Crippen molar-refractivity contribution in [1.82, 2.24) is 0 Å². The van der Waals surface area contributed by atoms with Crippen molar-refractivity contribution in [3.8, 4) is 11.5 Å². The molecule has 0 bridgehead atoms. The normalized spacial score (nSPS) is 25.8. The molecule has 2 atom stereocenters. The molecular weight excluding hydrogens is 240 g/mol. The molecule has 3 nitrogen and oxygen atoms in total. The molecule has 2 aliphatic rings. The molecule has 3 heteroatoms. The largest absolute Gasteiger partial charge is 0.490 e. The van der Waals surface area contributed by atoms with Gasteiger partial charge in [0.15, 0.2) is 6.61 Å². The van der Waals surface area contributed by atoms with Gasteiger partial charge >= 0.3 is 0 Å². The number of ether oxygens (including phenoxy) is 2. The number of rotatable bonds is 3. The number of Topliss-reactive ketones (excluding diaryl/α,β-unsaturated/α-hetero) is 1. The van der Waals surface area contributed by atoms with E-state index in [4.69, 9.17) is 9.47 Å². The second kappa shape index (κ2) is 5.24. The smallest absolute Gasteiger partial charge is 0.203 e. The summed E-state index contributed by atoms with van der Waals surface area (Å²) >= 11 is 0. The van der Waals surface area contributed by atoms with Crippen molar-refractivity contribution < 1.29 is 14.3 Å². The van der Waals surface area contributed by atoms with Crippen molar-refractivity contribution >= 4 is 5.78 Å². The Kier molecular flexibility index (Phi) is 3.45. The van der Waals surface area contributed by atoms with E-state index in [0.29, 0.717) is 17.4 Å². The fraction of sp³-hybridized carbons (Fsp3) is 0.562. The third kappa shape index (κ3) is 2.60. The Hall–Kier alpha value is -1.51. The molecule has 1 aromatic carbocycles. The van der Waals surface area contributed by atoms with Crippen LogP contribution in [0.15, 0.2) is 18.2 Å². The molecule has 1 saturated carbocycles. The second-order valence-electron chi connectivity index (χ2n) is 5.55. The number of hydrogen-bond donors (Lipinski definition) is 0. The van der Waals surface area contributed by atoms with E-state index < -0.39 is 0 Å². The monoisotopic (exact) mass is 260 g/mol. The molecule has 1 aliphatic heterocycles. The first-order valence-electron chi connectivity index (χ1n) is 7.23.